The van der Waals surface area contributed by atoms with Gasteiger partial charge in [-0.2, -0.15) is 0 Å². The van der Waals surface area contributed by atoms with E-state index in [0.717, 1.165) is 0 Å². The van der Waals surface area contributed by atoms with Gasteiger partial charge in [0.2, 0.25) is 5.16 Å². The Hall–Kier alpha value is -2.72. The van der Waals surface area contributed by atoms with E-state index in [1.165, 1.54) is 11.8 Å². The molecule has 0 saturated heterocycles. The van der Waals surface area contributed by atoms with Crippen molar-refractivity contribution in [3.8, 4) is 5.75 Å². The second-order valence-corrected chi connectivity index (χ2v) is 6.96. The highest BCUT2D eigenvalue weighted by Crippen LogP contribution is 2.20. The van der Waals surface area contributed by atoms with Crippen LogP contribution in [0.3, 0.4) is 0 Å². The fourth-order valence-electron chi connectivity index (χ4n) is 2.29. The van der Waals surface area contributed by atoms with E-state index in [4.69, 9.17) is 21.1 Å². The summed E-state index contributed by atoms with van der Waals surface area (Å²) < 4.78 is 10.6. The van der Waals surface area contributed by atoms with Gasteiger partial charge < -0.3 is 20.1 Å². The summed E-state index contributed by atoms with van der Waals surface area (Å²) in [6.45, 7) is 2.32. The SMILES string of the molecule is CCOC(=O)C1=C(CSc2n[nH]c(COc3ccc(Cl)cc3)n2)NC(=O)NC1. The molecule has 148 valence electrons. The number of ether oxygens (including phenoxy) is 2. The van der Waals surface area contributed by atoms with Crippen LogP contribution in [0.15, 0.2) is 40.7 Å². The van der Waals surface area contributed by atoms with Crippen LogP contribution in [0.1, 0.15) is 12.7 Å². The molecule has 1 aliphatic heterocycles. The quantitative estimate of drug-likeness (QED) is 0.440. The summed E-state index contributed by atoms with van der Waals surface area (Å²) in [5, 5.41) is 13.2. The average molecular weight is 424 g/mol. The molecule has 2 amide bonds. The molecule has 2 aromatic rings. The predicted molar refractivity (Wildman–Crippen MR) is 103 cm³/mol. The monoisotopic (exact) mass is 423 g/mol. The lowest BCUT2D eigenvalue weighted by Crippen LogP contribution is -2.44. The summed E-state index contributed by atoms with van der Waals surface area (Å²) in [5.41, 5.74) is 0.867. The minimum atomic E-state index is -0.461. The molecule has 0 saturated carbocycles. The van der Waals surface area contributed by atoms with Gasteiger partial charge in [-0.25, -0.2) is 14.6 Å². The number of halogens is 1. The zero-order valence-electron chi connectivity index (χ0n) is 15.0. The number of hydrogen-bond acceptors (Lipinski definition) is 7. The molecular weight excluding hydrogens is 406 g/mol. The number of rotatable bonds is 8. The van der Waals surface area contributed by atoms with E-state index >= 15 is 0 Å². The standard InChI is InChI=1S/C17H18ClN5O4S/c1-2-26-15(24)12-7-19-16(25)20-13(12)9-28-17-21-14(22-23-17)8-27-11-5-3-10(18)4-6-11/h3-6H,2,7-9H2,1H3,(H2,19,20,25)(H,21,22,23). The van der Waals surface area contributed by atoms with E-state index in [1.807, 2.05) is 0 Å². The molecule has 0 radical (unpaired) electrons. The zero-order valence-corrected chi connectivity index (χ0v) is 16.5. The van der Waals surface area contributed by atoms with Gasteiger partial charge in [0, 0.05) is 16.5 Å². The summed E-state index contributed by atoms with van der Waals surface area (Å²) in [4.78, 5) is 27.9. The Bertz CT molecular complexity index is 884. The molecule has 0 bridgehead atoms. The maximum Gasteiger partial charge on any atom is 0.337 e. The number of hydrogen-bond donors (Lipinski definition) is 3. The van der Waals surface area contributed by atoms with Crippen molar-refractivity contribution in [2.24, 2.45) is 0 Å². The van der Waals surface area contributed by atoms with Crippen LogP contribution >= 0.6 is 23.4 Å². The smallest absolute Gasteiger partial charge is 0.337 e. The molecule has 9 nitrogen and oxygen atoms in total. The van der Waals surface area contributed by atoms with Crippen LogP contribution in [0, 0.1) is 0 Å². The van der Waals surface area contributed by atoms with Crippen molar-refractivity contribution in [1.82, 2.24) is 25.8 Å². The van der Waals surface area contributed by atoms with E-state index in [-0.39, 0.29) is 25.8 Å². The maximum atomic E-state index is 12.0. The number of benzene rings is 1. The normalized spacial score (nSPS) is 13.7. The Balaban J connectivity index is 1.58. The summed E-state index contributed by atoms with van der Waals surface area (Å²) in [5.74, 6) is 1.07. The first-order valence-electron chi connectivity index (χ1n) is 8.41. The number of esters is 1. The van der Waals surface area contributed by atoms with Gasteiger partial charge in [-0.05, 0) is 31.2 Å². The third-order valence-corrected chi connectivity index (χ3v) is 4.75. The first-order valence-corrected chi connectivity index (χ1v) is 9.78. The largest absolute Gasteiger partial charge is 0.486 e. The van der Waals surface area contributed by atoms with Crippen molar-refractivity contribution < 1.29 is 19.1 Å². The summed E-state index contributed by atoms with van der Waals surface area (Å²) in [6.07, 6.45) is 0. The van der Waals surface area contributed by atoms with Gasteiger partial charge in [-0.3, -0.25) is 5.10 Å². The number of aromatic nitrogens is 3. The van der Waals surface area contributed by atoms with Crippen LogP contribution in [0.2, 0.25) is 5.02 Å². The lowest BCUT2D eigenvalue weighted by Gasteiger charge is -2.20. The Morgan fingerprint density at radius 3 is 2.86 bits per heavy atom. The number of amides is 2. The lowest BCUT2D eigenvalue weighted by molar-refractivity contribution is -0.138. The Kier molecular flexibility index (Phi) is 6.77. The van der Waals surface area contributed by atoms with Crippen molar-refractivity contribution in [2.45, 2.75) is 18.7 Å². The molecular formula is C17H18ClN5O4S. The van der Waals surface area contributed by atoms with Crippen LogP contribution < -0.4 is 15.4 Å². The Morgan fingerprint density at radius 1 is 1.32 bits per heavy atom. The van der Waals surface area contributed by atoms with Gasteiger partial charge in [-0.1, -0.05) is 23.4 Å². The van der Waals surface area contributed by atoms with Crippen LogP contribution in [-0.4, -0.2) is 46.1 Å². The van der Waals surface area contributed by atoms with E-state index < -0.39 is 5.97 Å². The van der Waals surface area contributed by atoms with Crippen LogP contribution in [0.4, 0.5) is 4.79 Å². The summed E-state index contributed by atoms with van der Waals surface area (Å²) in [7, 11) is 0. The molecule has 2 heterocycles. The van der Waals surface area contributed by atoms with Gasteiger partial charge in [0.05, 0.1) is 18.7 Å². The maximum absolute atomic E-state index is 12.0. The second-order valence-electron chi connectivity index (χ2n) is 5.58. The number of aromatic amines is 1. The van der Waals surface area contributed by atoms with Crippen LogP contribution in [0.25, 0.3) is 0 Å². The molecule has 3 N–H and O–H groups in total. The number of carbonyl (C=O) groups excluding carboxylic acids is 2. The highest BCUT2D eigenvalue weighted by Gasteiger charge is 2.24. The van der Waals surface area contributed by atoms with Crippen molar-refractivity contribution in [1.29, 1.82) is 0 Å². The Labute approximate surface area is 170 Å². The zero-order chi connectivity index (χ0) is 19.9. The predicted octanol–water partition coefficient (Wildman–Crippen LogP) is 2.26. The molecule has 28 heavy (non-hydrogen) atoms. The number of nitrogens with one attached hydrogen (secondary N) is 3. The molecule has 3 rings (SSSR count). The average Bonchev–Trinajstić information content (AvgIpc) is 3.14. The van der Waals surface area contributed by atoms with Crippen molar-refractivity contribution in [2.75, 3.05) is 18.9 Å². The molecule has 1 aromatic carbocycles. The molecule has 0 aliphatic carbocycles. The molecule has 11 heteroatoms. The first-order chi connectivity index (χ1) is 13.5. The number of H-pyrrole nitrogens is 1. The Morgan fingerprint density at radius 2 is 2.11 bits per heavy atom. The number of carbonyl (C=O) groups is 2. The van der Waals surface area contributed by atoms with Crippen molar-refractivity contribution >= 4 is 35.4 Å². The van der Waals surface area contributed by atoms with Crippen molar-refractivity contribution in [3.05, 3.63) is 46.4 Å². The van der Waals surface area contributed by atoms with Crippen LogP contribution in [0.5, 0.6) is 5.75 Å². The van der Waals surface area contributed by atoms with E-state index in [2.05, 4.69) is 25.8 Å². The van der Waals surface area contributed by atoms with Gasteiger partial charge in [0.25, 0.3) is 0 Å². The summed E-state index contributed by atoms with van der Waals surface area (Å²) >= 11 is 7.12. The second kappa shape index (κ2) is 9.47. The lowest BCUT2D eigenvalue weighted by atomic mass is 10.2. The molecule has 0 fully saturated rings. The molecule has 0 unspecified atom stereocenters. The molecule has 0 spiro atoms. The fourth-order valence-corrected chi connectivity index (χ4v) is 3.23. The summed E-state index contributed by atoms with van der Waals surface area (Å²) in [6, 6.07) is 6.63. The molecule has 1 aliphatic rings. The number of nitrogens with zero attached hydrogens (tertiary/aromatic N) is 2. The third kappa shape index (κ3) is 5.40. The highest BCUT2D eigenvalue weighted by atomic mass is 35.5. The van der Waals surface area contributed by atoms with E-state index in [9.17, 15) is 9.59 Å². The number of urea groups is 1. The molecule has 1 aromatic heterocycles. The highest BCUT2D eigenvalue weighted by molar-refractivity contribution is 7.99. The topological polar surface area (TPSA) is 118 Å². The van der Waals surface area contributed by atoms with Gasteiger partial charge in [0.1, 0.15) is 12.4 Å². The first kappa shape index (κ1) is 20.0. The molecule has 0 atom stereocenters. The fraction of sp³-hybridized carbons (Fsp3) is 0.294. The van der Waals surface area contributed by atoms with Crippen molar-refractivity contribution in [3.63, 3.8) is 0 Å². The van der Waals surface area contributed by atoms with Gasteiger partial charge >= 0.3 is 12.0 Å². The number of thioether (sulfide) groups is 1. The van der Waals surface area contributed by atoms with Crippen LogP contribution in [-0.2, 0) is 16.1 Å². The van der Waals surface area contributed by atoms with Gasteiger partial charge in [-0.15, -0.1) is 5.10 Å². The van der Waals surface area contributed by atoms with E-state index in [1.54, 1.807) is 31.2 Å². The van der Waals surface area contributed by atoms with E-state index in [0.29, 0.717) is 38.8 Å². The van der Waals surface area contributed by atoms with Gasteiger partial charge in [0.15, 0.2) is 5.82 Å². The minimum Gasteiger partial charge on any atom is -0.486 e. The third-order valence-electron chi connectivity index (χ3n) is 3.62. The minimum absolute atomic E-state index is 0.120.